The van der Waals surface area contributed by atoms with Gasteiger partial charge in [0.05, 0.1) is 6.61 Å². The first kappa shape index (κ1) is 13.3. The monoisotopic (exact) mass is 280 g/mol. The summed E-state index contributed by atoms with van der Waals surface area (Å²) in [6.07, 6.45) is 0.845. The van der Waals surface area contributed by atoms with E-state index < -0.39 is 0 Å². The van der Waals surface area contributed by atoms with Crippen LogP contribution in [-0.2, 0) is 0 Å². The summed E-state index contributed by atoms with van der Waals surface area (Å²) >= 11 is 11.8. The predicted octanol–water partition coefficient (Wildman–Crippen LogP) is 5.01. The van der Waals surface area contributed by atoms with Crippen LogP contribution >= 0.6 is 23.2 Å². The third-order valence-corrected chi connectivity index (χ3v) is 3.16. The van der Waals surface area contributed by atoms with Crippen molar-refractivity contribution in [2.45, 2.75) is 6.42 Å². The van der Waals surface area contributed by atoms with E-state index in [4.69, 9.17) is 27.9 Å². The molecular formula is C15H14Cl2O. The SMILES string of the molecule is ClCCCOc1cccc(-c2ccccc2Cl)c1. The van der Waals surface area contributed by atoms with Crippen LogP contribution < -0.4 is 4.74 Å². The molecule has 0 N–H and O–H groups in total. The second kappa shape index (κ2) is 6.67. The van der Waals surface area contributed by atoms with Gasteiger partial charge in [-0.2, -0.15) is 0 Å². The lowest BCUT2D eigenvalue weighted by atomic mass is 10.1. The molecule has 0 aliphatic carbocycles. The molecule has 1 nitrogen and oxygen atoms in total. The fraction of sp³-hybridized carbons (Fsp3) is 0.200. The first-order chi connectivity index (χ1) is 8.81. The quantitative estimate of drug-likeness (QED) is 0.552. The highest BCUT2D eigenvalue weighted by Crippen LogP contribution is 2.29. The molecule has 0 heterocycles. The molecule has 2 rings (SSSR count). The minimum atomic E-state index is 0.615. The lowest BCUT2D eigenvalue weighted by Crippen LogP contribution is -1.97. The van der Waals surface area contributed by atoms with Gasteiger partial charge in [0.2, 0.25) is 0 Å². The van der Waals surface area contributed by atoms with E-state index in [2.05, 4.69) is 0 Å². The van der Waals surface area contributed by atoms with Gasteiger partial charge in [-0.15, -0.1) is 11.6 Å². The molecule has 0 spiro atoms. The third-order valence-electron chi connectivity index (χ3n) is 2.57. The van der Waals surface area contributed by atoms with Crippen LogP contribution in [0.4, 0.5) is 0 Å². The van der Waals surface area contributed by atoms with Gasteiger partial charge in [-0.3, -0.25) is 0 Å². The Labute approximate surface area is 117 Å². The first-order valence-corrected chi connectivity index (χ1v) is 6.76. The molecule has 0 bridgehead atoms. The zero-order valence-electron chi connectivity index (χ0n) is 9.90. The molecule has 3 heteroatoms. The molecule has 0 radical (unpaired) electrons. The van der Waals surface area contributed by atoms with Gasteiger partial charge in [-0.25, -0.2) is 0 Å². The number of hydrogen-bond acceptors (Lipinski definition) is 1. The Bertz CT molecular complexity index is 511. The van der Waals surface area contributed by atoms with Gasteiger partial charge in [-0.05, 0) is 30.2 Å². The fourth-order valence-corrected chi connectivity index (χ4v) is 2.05. The Balaban J connectivity index is 2.19. The number of hydrogen-bond donors (Lipinski definition) is 0. The van der Waals surface area contributed by atoms with Crippen LogP contribution in [0.15, 0.2) is 48.5 Å². The highest BCUT2D eigenvalue weighted by molar-refractivity contribution is 6.33. The zero-order chi connectivity index (χ0) is 12.8. The summed E-state index contributed by atoms with van der Waals surface area (Å²) in [6.45, 7) is 0.634. The second-order valence-corrected chi connectivity index (χ2v) is 4.68. The van der Waals surface area contributed by atoms with Gasteiger partial charge in [0.25, 0.3) is 0 Å². The normalized spacial score (nSPS) is 10.3. The van der Waals surface area contributed by atoms with Crippen molar-refractivity contribution in [2.24, 2.45) is 0 Å². The molecule has 0 unspecified atom stereocenters. The minimum Gasteiger partial charge on any atom is -0.494 e. The smallest absolute Gasteiger partial charge is 0.119 e. The summed E-state index contributed by atoms with van der Waals surface area (Å²) in [5.74, 6) is 1.46. The Morgan fingerprint density at radius 2 is 1.83 bits per heavy atom. The molecule has 94 valence electrons. The van der Waals surface area contributed by atoms with E-state index in [9.17, 15) is 0 Å². The average Bonchev–Trinajstić information content (AvgIpc) is 2.40. The van der Waals surface area contributed by atoms with Gasteiger partial charge < -0.3 is 4.74 Å². The lowest BCUT2D eigenvalue weighted by molar-refractivity contribution is 0.318. The largest absolute Gasteiger partial charge is 0.494 e. The van der Waals surface area contributed by atoms with E-state index in [1.807, 2.05) is 48.5 Å². The van der Waals surface area contributed by atoms with Gasteiger partial charge >= 0.3 is 0 Å². The summed E-state index contributed by atoms with van der Waals surface area (Å²) in [5.41, 5.74) is 2.07. The predicted molar refractivity (Wildman–Crippen MR) is 77.7 cm³/mol. The summed E-state index contributed by atoms with van der Waals surface area (Å²) in [5, 5.41) is 0.746. The van der Waals surface area contributed by atoms with Crippen molar-refractivity contribution in [1.29, 1.82) is 0 Å². The molecule has 0 amide bonds. The molecule has 0 aliphatic rings. The van der Waals surface area contributed by atoms with Gasteiger partial charge in [0.1, 0.15) is 5.75 Å². The van der Waals surface area contributed by atoms with Crippen molar-refractivity contribution >= 4 is 23.2 Å². The van der Waals surface area contributed by atoms with Crippen molar-refractivity contribution in [1.82, 2.24) is 0 Å². The highest BCUT2D eigenvalue weighted by Gasteiger charge is 2.03. The average molecular weight is 281 g/mol. The maximum Gasteiger partial charge on any atom is 0.119 e. The topological polar surface area (TPSA) is 9.23 Å². The first-order valence-electron chi connectivity index (χ1n) is 5.85. The zero-order valence-corrected chi connectivity index (χ0v) is 11.4. The van der Waals surface area contributed by atoms with Crippen LogP contribution in [0, 0.1) is 0 Å². The fourth-order valence-electron chi connectivity index (χ4n) is 1.69. The van der Waals surface area contributed by atoms with Gasteiger partial charge in [0, 0.05) is 16.5 Å². The van der Waals surface area contributed by atoms with E-state index in [1.165, 1.54) is 0 Å². The Hall–Kier alpha value is -1.18. The van der Waals surface area contributed by atoms with Crippen molar-refractivity contribution in [3.63, 3.8) is 0 Å². The molecule has 0 fully saturated rings. The van der Waals surface area contributed by atoms with E-state index in [0.29, 0.717) is 12.5 Å². The van der Waals surface area contributed by atoms with E-state index in [0.717, 1.165) is 28.3 Å². The van der Waals surface area contributed by atoms with Crippen LogP contribution in [-0.4, -0.2) is 12.5 Å². The van der Waals surface area contributed by atoms with Crippen molar-refractivity contribution in [3.05, 3.63) is 53.6 Å². The van der Waals surface area contributed by atoms with Crippen LogP contribution in [0.3, 0.4) is 0 Å². The van der Waals surface area contributed by atoms with Crippen molar-refractivity contribution in [2.75, 3.05) is 12.5 Å². The Morgan fingerprint density at radius 3 is 2.61 bits per heavy atom. The maximum atomic E-state index is 6.18. The van der Waals surface area contributed by atoms with Crippen molar-refractivity contribution < 1.29 is 4.74 Å². The number of alkyl halides is 1. The second-order valence-electron chi connectivity index (χ2n) is 3.90. The lowest BCUT2D eigenvalue weighted by Gasteiger charge is -2.08. The molecule has 0 saturated carbocycles. The van der Waals surface area contributed by atoms with Crippen LogP contribution in [0.5, 0.6) is 5.75 Å². The Morgan fingerprint density at radius 1 is 1.00 bits per heavy atom. The molecule has 0 aromatic heterocycles. The summed E-state index contributed by atoms with van der Waals surface area (Å²) in [4.78, 5) is 0. The van der Waals surface area contributed by atoms with Gasteiger partial charge in [0.15, 0.2) is 0 Å². The standard InChI is InChI=1S/C15H14Cl2O/c16-9-4-10-18-13-6-3-5-12(11-13)14-7-1-2-8-15(14)17/h1-3,5-8,11H,4,9-10H2. The summed E-state index contributed by atoms with van der Waals surface area (Å²) < 4.78 is 5.62. The highest BCUT2D eigenvalue weighted by atomic mass is 35.5. The van der Waals surface area contributed by atoms with E-state index in [-0.39, 0.29) is 0 Å². The van der Waals surface area contributed by atoms with Crippen LogP contribution in [0.25, 0.3) is 11.1 Å². The molecule has 2 aromatic carbocycles. The number of ether oxygens (including phenoxy) is 1. The van der Waals surface area contributed by atoms with Crippen LogP contribution in [0.2, 0.25) is 5.02 Å². The molecule has 18 heavy (non-hydrogen) atoms. The molecule has 0 aliphatic heterocycles. The molecule has 0 atom stereocenters. The van der Waals surface area contributed by atoms with Crippen LogP contribution in [0.1, 0.15) is 6.42 Å². The minimum absolute atomic E-state index is 0.615. The molecule has 0 saturated heterocycles. The Kier molecular flexibility index (Phi) is 4.91. The summed E-state index contributed by atoms with van der Waals surface area (Å²) in [7, 11) is 0. The maximum absolute atomic E-state index is 6.18. The molecule has 2 aromatic rings. The van der Waals surface area contributed by atoms with Gasteiger partial charge in [-0.1, -0.05) is 41.9 Å². The third kappa shape index (κ3) is 3.41. The number of benzene rings is 2. The summed E-state index contributed by atoms with van der Waals surface area (Å²) in [6, 6.07) is 15.7. The molecular weight excluding hydrogens is 267 g/mol. The van der Waals surface area contributed by atoms with E-state index in [1.54, 1.807) is 0 Å². The van der Waals surface area contributed by atoms with Crippen molar-refractivity contribution in [3.8, 4) is 16.9 Å². The number of halogens is 2. The number of rotatable bonds is 5. The van der Waals surface area contributed by atoms with E-state index >= 15 is 0 Å².